The van der Waals surface area contributed by atoms with E-state index in [2.05, 4.69) is 33.6 Å². The molecule has 0 bridgehead atoms. The lowest BCUT2D eigenvalue weighted by Gasteiger charge is -2.30. The zero-order chi connectivity index (χ0) is 13.9. The van der Waals surface area contributed by atoms with E-state index >= 15 is 0 Å². The van der Waals surface area contributed by atoms with E-state index in [-0.39, 0.29) is 0 Å². The highest BCUT2D eigenvalue weighted by molar-refractivity contribution is 5.90. The van der Waals surface area contributed by atoms with E-state index in [1.165, 1.54) is 25.7 Å². The molecule has 0 saturated heterocycles. The van der Waals surface area contributed by atoms with Crippen LogP contribution in [-0.2, 0) is 0 Å². The first-order valence-corrected chi connectivity index (χ1v) is 7.49. The quantitative estimate of drug-likeness (QED) is 0.893. The predicted octanol–water partition coefficient (Wildman–Crippen LogP) is 3.66. The number of aromatic nitrogens is 2. The maximum Gasteiger partial charge on any atom is 0.224 e. The van der Waals surface area contributed by atoms with Gasteiger partial charge in [0.25, 0.3) is 0 Å². The van der Waals surface area contributed by atoms with Gasteiger partial charge in [-0.3, -0.25) is 0 Å². The molecular weight excluding hydrogens is 248 g/mol. The third kappa shape index (κ3) is 2.55. The molecule has 2 atom stereocenters. The van der Waals surface area contributed by atoms with E-state index in [9.17, 15) is 0 Å². The van der Waals surface area contributed by atoms with Crippen LogP contribution in [0.4, 0.5) is 11.8 Å². The molecule has 0 spiro atoms. The second kappa shape index (κ2) is 5.65. The lowest BCUT2D eigenvalue weighted by atomic mass is 9.86. The van der Waals surface area contributed by atoms with Crippen molar-refractivity contribution in [2.75, 3.05) is 17.7 Å². The molecule has 1 aromatic heterocycles. The summed E-state index contributed by atoms with van der Waals surface area (Å²) in [5.41, 5.74) is 0.984. The molecule has 106 valence electrons. The number of nitrogens with zero attached hydrogens (tertiary/aromatic N) is 2. The van der Waals surface area contributed by atoms with Crippen molar-refractivity contribution in [1.29, 1.82) is 0 Å². The Balaban J connectivity index is 1.96. The zero-order valence-electron chi connectivity index (χ0n) is 12.2. The SMILES string of the molecule is CNc1nc(NC2CCCCC2C)c2ccccc2n1. The van der Waals surface area contributed by atoms with E-state index in [0.717, 1.165) is 16.7 Å². The highest BCUT2D eigenvalue weighted by Gasteiger charge is 2.22. The van der Waals surface area contributed by atoms with Gasteiger partial charge in [-0.2, -0.15) is 4.98 Å². The third-order valence-electron chi connectivity index (χ3n) is 4.26. The first-order valence-electron chi connectivity index (χ1n) is 7.49. The van der Waals surface area contributed by atoms with E-state index in [1.54, 1.807) is 0 Å². The van der Waals surface area contributed by atoms with E-state index in [1.807, 2.05) is 25.2 Å². The first kappa shape index (κ1) is 13.2. The normalized spacial score (nSPS) is 22.7. The van der Waals surface area contributed by atoms with Crippen LogP contribution in [0.5, 0.6) is 0 Å². The molecule has 4 nitrogen and oxygen atoms in total. The van der Waals surface area contributed by atoms with Crippen LogP contribution in [0.15, 0.2) is 24.3 Å². The minimum atomic E-state index is 0.520. The molecular formula is C16H22N4. The minimum absolute atomic E-state index is 0.520. The molecule has 0 radical (unpaired) electrons. The number of nitrogens with one attached hydrogen (secondary N) is 2. The van der Waals surface area contributed by atoms with Crippen LogP contribution in [0.1, 0.15) is 32.6 Å². The summed E-state index contributed by atoms with van der Waals surface area (Å²) < 4.78 is 0. The summed E-state index contributed by atoms with van der Waals surface area (Å²) in [4.78, 5) is 9.12. The Morgan fingerprint density at radius 1 is 1.10 bits per heavy atom. The highest BCUT2D eigenvalue weighted by atomic mass is 15.1. The Morgan fingerprint density at radius 3 is 2.70 bits per heavy atom. The summed E-state index contributed by atoms with van der Waals surface area (Å²) in [6.07, 6.45) is 5.20. The maximum absolute atomic E-state index is 4.61. The Bertz CT molecular complexity index is 596. The molecule has 1 heterocycles. The van der Waals surface area contributed by atoms with Gasteiger partial charge in [-0.1, -0.05) is 31.9 Å². The monoisotopic (exact) mass is 270 g/mol. The number of fused-ring (bicyclic) bond motifs is 1. The van der Waals surface area contributed by atoms with E-state index in [4.69, 9.17) is 0 Å². The van der Waals surface area contributed by atoms with E-state index in [0.29, 0.717) is 17.9 Å². The zero-order valence-corrected chi connectivity index (χ0v) is 12.2. The third-order valence-corrected chi connectivity index (χ3v) is 4.26. The molecule has 1 aromatic carbocycles. The summed E-state index contributed by atoms with van der Waals surface area (Å²) in [5.74, 6) is 2.34. The van der Waals surface area contributed by atoms with Crippen molar-refractivity contribution in [2.24, 2.45) is 5.92 Å². The molecule has 1 aliphatic rings. The molecule has 0 amide bonds. The number of hydrogen-bond acceptors (Lipinski definition) is 4. The van der Waals surface area contributed by atoms with Crippen LogP contribution in [-0.4, -0.2) is 23.1 Å². The molecule has 2 N–H and O–H groups in total. The van der Waals surface area contributed by atoms with Crippen LogP contribution < -0.4 is 10.6 Å². The first-order chi connectivity index (χ1) is 9.78. The second-order valence-electron chi connectivity index (χ2n) is 5.68. The van der Waals surface area contributed by atoms with Crippen molar-refractivity contribution < 1.29 is 0 Å². The number of benzene rings is 1. The van der Waals surface area contributed by atoms with Crippen molar-refractivity contribution in [3.05, 3.63) is 24.3 Å². The lowest BCUT2D eigenvalue weighted by Crippen LogP contribution is -2.30. The van der Waals surface area contributed by atoms with Crippen LogP contribution in [0.25, 0.3) is 10.9 Å². The van der Waals surface area contributed by atoms with Crippen molar-refractivity contribution in [3.8, 4) is 0 Å². The van der Waals surface area contributed by atoms with Gasteiger partial charge in [-0.15, -0.1) is 0 Å². The van der Waals surface area contributed by atoms with Gasteiger partial charge >= 0.3 is 0 Å². The average Bonchev–Trinajstić information content (AvgIpc) is 2.49. The van der Waals surface area contributed by atoms with Crippen LogP contribution >= 0.6 is 0 Å². The molecule has 1 aliphatic carbocycles. The summed E-state index contributed by atoms with van der Waals surface area (Å²) >= 11 is 0. The molecule has 4 heteroatoms. The topological polar surface area (TPSA) is 49.8 Å². The van der Waals surface area contributed by atoms with Gasteiger partial charge in [-0.25, -0.2) is 4.98 Å². The summed E-state index contributed by atoms with van der Waals surface area (Å²) in [6.45, 7) is 2.33. The number of rotatable bonds is 3. The molecule has 1 fully saturated rings. The van der Waals surface area contributed by atoms with Crippen molar-refractivity contribution in [1.82, 2.24) is 9.97 Å². The Morgan fingerprint density at radius 2 is 1.90 bits per heavy atom. The number of para-hydroxylation sites is 1. The van der Waals surface area contributed by atoms with Gasteiger partial charge in [0.2, 0.25) is 5.95 Å². The van der Waals surface area contributed by atoms with E-state index < -0.39 is 0 Å². The summed E-state index contributed by atoms with van der Waals surface area (Å²) in [6, 6.07) is 8.70. The Kier molecular flexibility index (Phi) is 3.72. The fourth-order valence-electron chi connectivity index (χ4n) is 3.00. The highest BCUT2D eigenvalue weighted by Crippen LogP contribution is 2.29. The minimum Gasteiger partial charge on any atom is -0.366 e. The van der Waals surface area contributed by atoms with Crippen LogP contribution in [0, 0.1) is 5.92 Å². The Hall–Kier alpha value is -1.84. The molecule has 20 heavy (non-hydrogen) atoms. The molecule has 2 aromatic rings. The van der Waals surface area contributed by atoms with Gasteiger partial charge in [0.15, 0.2) is 0 Å². The predicted molar refractivity (Wildman–Crippen MR) is 84.1 cm³/mol. The van der Waals surface area contributed by atoms with Crippen LogP contribution in [0.3, 0.4) is 0 Å². The van der Waals surface area contributed by atoms with Crippen molar-refractivity contribution in [3.63, 3.8) is 0 Å². The van der Waals surface area contributed by atoms with Gasteiger partial charge < -0.3 is 10.6 Å². The smallest absolute Gasteiger partial charge is 0.224 e. The molecule has 3 rings (SSSR count). The van der Waals surface area contributed by atoms with Crippen molar-refractivity contribution >= 4 is 22.7 Å². The lowest BCUT2D eigenvalue weighted by molar-refractivity contribution is 0.349. The van der Waals surface area contributed by atoms with Crippen LogP contribution in [0.2, 0.25) is 0 Å². The van der Waals surface area contributed by atoms with Gasteiger partial charge in [0.1, 0.15) is 5.82 Å². The number of hydrogen-bond donors (Lipinski definition) is 2. The summed E-state index contributed by atoms with van der Waals surface area (Å²) in [5, 5.41) is 7.80. The fourth-order valence-corrected chi connectivity index (χ4v) is 3.00. The molecule has 0 aliphatic heterocycles. The van der Waals surface area contributed by atoms with Gasteiger partial charge in [0.05, 0.1) is 5.52 Å². The Labute approximate surface area is 120 Å². The second-order valence-corrected chi connectivity index (χ2v) is 5.68. The fraction of sp³-hybridized carbons (Fsp3) is 0.500. The number of anilines is 2. The van der Waals surface area contributed by atoms with Crippen molar-refractivity contribution in [2.45, 2.75) is 38.6 Å². The standard InChI is InChI=1S/C16H22N4/c1-11-7-3-5-9-13(11)18-15-12-8-4-6-10-14(12)19-16(17-2)20-15/h4,6,8,10-11,13H,3,5,7,9H2,1-2H3,(H2,17,18,19,20). The van der Waals surface area contributed by atoms with Gasteiger partial charge in [-0.05, 0) is 30.9 Å². The molecule has 2 unspecified atom stereocenters. The van der Waals surface area contributed by atoms with Gasteiger partial charge in [0, 0.05) is 18.5 Å². The maximum atomic E-state index is 4.61. The summed E-state index contributed by atoms with van der Waals surface area (Å²) in [7, 11) is 1.86. The molecule has 1 saturated carbocycles. The average molecular weight is 270 g/mol. The largest absolute Gasteiger partial charge is 0.366 e.